The van der Waals surface area contributed by atoms with E-state index >= 15 is 0 Å². The summed E-state index contributed by atoms with van der Waals surface area (Å²) in [6.45, 7) is 5.66. The summed E-state index contributed by atoms with van der Waals surface area (Å²) in [5.74, 6) is -0.379. The zero-order chi connectivity index (χ0) is 13.5. The smallest absolute Gasteiger partial charge is 0.317 e. The highest BCUT2D eigenvalue weighted by molar-refractivity contribution is 8.00. The summed E-state index contributed by atoms with van der Waals surface area (Å²) in [5.41, 5.74) is 0. The van der Waals surface area contributed by atoms with Crippen LogP contribution in [0.15, 0.2) is 0 Å². The van der Waals surface area contributed by atoms with Crippen LogP contribution in [0.3, 0.4) is 0 Å². The average molecular weight is 274 g/mol. The van der Waals surface area contributed by atoms with Crippen LogP contribution >= 0.6 is 11.8 Å². The summed E-state index contributed by atoms with van der Waals surface area (Å²) in [5, 5.41) is 12.1. The first kappa shape index (κ1) is 15.1. The minimum Gasteiger partial charge on any atom is -0.481 e. The largest absolute Gasteiger partial charge is 0.481 e. The number of rotatable bonds is 5. The summed E-state index contributed by atoms with van der Waals surface area (Å²) in [4.78, 5) is 24.6. The van der Waals surface area contributed by atoms with Crippen LogP contribution in [0.5, 0.6) is 0 Å². The molecule has 2 atom stereocenters. The fraction of sp³-hybridized carbons (Fsp3) is 0.833. The van der Waals surface area contributed by atoms with Crippen LogP contribution in [0.1, 0.15) is 26.7 Å². The first-order valence-corrected chi connectivity index (χ1v) is 7.50. The van der Waals surface area contributed by atoms with Gasteiger partial charge in [0, 0.05) is 30.6 Å². The SMILES string of the molecule is CCC1CN(C(=O)NCC(CC)C(=O)O)CCS1. The lowest BCUT2D eigenvalue weighted by Crippen LogP contribution is -2.48. The molecule has 5 nitrogen and oxygen atoms in total. The molecule has 18 heavy (non-hydrogen) atoms. The molecular formula is C12H22N2O3S. The maximum Gasteiger partial charge on any atom is 0.317 e. The molecule has 0 spiro atoms. The van der Waals surface area contributed by atoms with Crippen molar-refractivity contribution in [3.05, 3.63) is 0 Å². The van der Waals surface area contributed by atoms with Gasteiger partial charge in [-0.05, 0) is 12.8 Å². The Balaban J connectivity index is 2.38. The Kier molecular flexibility index (Phi) is 6.32. The Bertz CT molecular complexity index is 299. The first-order chi connectivity index (χ1) is 8.58. The van der Waals surface area contributed by atoms with Crippen molar-refractivity contribution in [2.45, 2.75) is 31.9 Å². The number of hydrogen-bond donors (Lipinski definition) is 2. The molecule has 0 aromatic carbocycles. The maximum absolute atomic E-state index is 11.9. The van der Waals surface area contributed by atoms with E-state index in [0.717, 1.165) is 25.3 Å². The molecule has 1 saturated heterocycles. The zero-order valence-corrected chi connectivity index (χ0v) is 11.8. The molecule has 1 heterocycles. The van der Waals surface area contributed by atoms with E-state index in [1.165, 1.54) is 0 Å². The summed E-state index contributed by atoms with van der Waals surface area (Å²) in [6, 6.07) is -0.131. The van der Waals surface area contributed by atoms with Crippen molar-refractivity contribution in [2.24, 2.45) is 5.92 Å². The summed E-state index contributed by atoms with van der Waals surface area (Å²) >= 11 is 1.90. The first-order valence-electron chi connectivity index (χ1n) is 6.45. The van der Waals surface area contributed by atoms with Gasteiger partial charge in [-0.15, -0.1) is 0 Å². The number of aliphatic carboxylic acids is 1. The van der Waals surface area contributed by atoms with E-state index in [1.807, 2.05) is 18.7 Å². The molecule has 2 unspecified atom stereocenters. The molecule has 0 bridgehead atoms. The van der Waals surface area contributed by atoms with Crippen LogP contribution in [0.4, 0.5) is 4.79 Å². The van der Waals surface area contributed by atoms with E-state index in [0.29, 0.717) is 11.7 Å². The number of nitrogens with zero attached hydrogens (tertiary/aromatic N) is 1. The van der Waals surface area contributed by atoms with Crippen molar-refractivity contribution in [3.63, 3.8) is 0 Å². The highest BCUT2D eigenvalue weighted by Crippen LogP contribution is 2.20. The molecule has 104 valence electrons. The van der Waals surface area contributed by atoms with Crippen LogP contribution in [0, 0.1) is 5.92 Å². The van der Waals surface area contributed by atoms with Gasteiger partial charge in [-0.3, -0.25) is 4.79 Å². The number of nitrogens with one attached hydrogen (secondary N) is 1. The lowest BCUT2D eigenvalue weighted by atomic mass is 10.1. The fourth-order valence-electron chi connectivity index (χ4n) is 1.88. The number of carbonyl (C=O) groups is 2. The van der Waals surface area contributed by atoms with Gasteiger partial charge in [0.05, 0.1) is 5.92 Å². The molecule has 0 aliphatic carbocycles. The van der Waals surface area contributed by atoms with Crippen molar-refractivity contribution in [1.29, 1.82) is 0 Å². The van der Waals surface area contributed by atoms with Crippen molar-refractivity contribution in [1.82, 2.24) is 10.2 Å². The number of urea groups is 1. The third-order valence-corrected chi connectivity index (χ3v) is 4.60. The summed E-state index contributed by atoms with van der Waals surface area (Å²) in [6.07, 6.45) is 1.59. The molecule has 0 aromatic heterocycles. The third-order valence-electron chi connectivity index (χ3n) is 3.22. The Hall–Kier alpha value is -0.910. The van der Waals surface area contributed by atoms with Gasteiger partial charge < -0.3 is 15.3 Å². The second kappa shape index (κ2) is 7.51. The summed E-state index contributed by atoms with van der Waals surface area (Å²) < 4.78 is 0. The number of carbonyl (C=O) groups excluding carboxylic acids is 1. The Morgan fingerprint density at radius 3 is 2.78 bits per heavy atom. The van der Waals surface area contributed by atoms with Gasteiger partial charge in [0.25, 0.3) is 0 Å². The molecule has 2 amide bonds. The van der Waals surface area contributed by atoms with Crippen LogP contribution in [0.25, 0.3) is 0 Å². The average Bonchev–Trinajstić information content (AvgIpc) is 2.38. The second-order valence-electron chi connectivity index (χ2n) is 4.48. The minimum absolute atomic E-state index is 0.131. The quantitative estimate of drug-likeness (QED) is 0.799. The molecule has 1 rings (SSSR count). The number of carboxylic acid groups (broad SMARTS) is 1. The standard InChI is InChI=1S/C12H22N2O3S/c1-3-9(11(15)16)7-13-12(17)14-5-6-18-10(4-2)8-14/h9-10H,3-8H2,1-2H3,(H,13,17)(H,15,16). The lowest BCUT2D eigenvalue weighted by Gasteiger charge is -2.32. The maximum atomic E-state index is 11.9. The van der Waals surface area contributed by atoms with Crippen LogP contribution in [-0.2, 0) is 4.79 Å². The van der Waals surface area contributed by atoms with E-state index in [-0.39, 0.29) is 12.6 Å². The van der Waals surface area contributed by atoms with E-state index in [4.69, 9.17) is 5.11 Å². The van der Waals surface area contributed by atoms with Gasteiger partial charge in [0.2, 0.25) is 0 Å². The topological polar surface area (TPSA) is 69.6 Å². The zero-order valence-electron chi connectivity index (χ0n) is 11.0. The van der Waals surface area contributed by atoms with Crippen LogP contribution in [0.2, 0.25) is 0 Å². The molecule has 6 heteroatoms. The van der Waals surface area contributed by atoms with Gasteiger partial charge in [-0.2, -0.15) is 11.8 Å². The normalized spacial score (nSPS) is 21.4. The van der Waals surface area contributed by atoms with E-state index in [1.54, 1.807) is 4.90 Å². The lowest BCUT2D eigenvalue weighted by molar-refractivity contribution is -0.141. The fourth-order valence-corrected chi connectivity index (χ4v) is 3.06. The second-order valence-corrected chi connectivity index (χ2v) is 5.88. The molecule has 2 N–H and O–H groups in total. The van der Waals surface area contributed by atoms with Crippen molar-refractivity contribution < 1.29 is 14.7 Å². The molecule has 0 radical (unpaired) electrons. The number of hydrogen-bond acceptors (Lipinski definition) is 3. The number of carboxylic acids is 1. The molecule has 1 fully saturated rings. The highest BCUT2D eigenvalue weighted by atomic mass is 32.2. The molecule has 0 aromatic rings. The van der Waals surface area contributed by atoms with Gasteiger partial charge in [-0.25, -0.2) is 4.79 Å². The van der Waals surface area contributed by atoms with E-state index in [2.05, 4.69) is 12.2 Å². The Labute approximate surface area is 112 Å². The third kappa shape index (κ3) is 4.40. The van der Waals surface area contributed by atoms with E-state index < -0.39 is 11.9 Å². The predicted molar refractivity (Wildman–Crippen MR) is 72.9 cm³/mol. The van der Waals surface area contributed by atoms with Crippen molar-refractivity contribution in [3.8, 4) is 0 Å². The van der Waals surface area contributed by atoms with Gasteiger partial charge in [0.15, 0.2) is 0 Å². The van der Waals surface area contributed by atoms with Gasteiger partial charge in [-0.1, -0.05) is 13.8 Å². The predicted octanol–water partition coefficient (Wildman–Crippen LogP) is 1.63. The van der Waals surface area contributed by atoms with Crippen LogP contribution in [-0.4, -0.2) is 52.6 Å². The molecule has 1 aliphatic rings. The molecule has 0 saturated carbocycles. The minimum atomic E-state index is -0.849. The number of amides is 2. The summed E-state index contributed by atoms with van der Waals surface area (Å²) in [7, 11) is 0. The van der Waals surface area contributed by atoms with Crippen molar-refractivity contribution >= 4 is 23.8 Å². The molecule has 1 aliphatic heterocycles. The monoisotopic (exact) mass is 274 g/mol. The van der Waals surface area contributed by atoms with Crippen LogP contribution < -0.4 is 5.32 Å². The Morgan fingerprint density at radius 1 is 1.50 bits per heavy atom. The van der Waals surface area contributed by atoms with Crippen molar-refractivity contribution in [2.75, 3.05) is 25.4 Å². The van der Waals surface area contributed by atoms with Gasteiger partial charge >= 0.3 is 12.0 Å². The molecular weight excluding hydrogens is 252 g/mol. The highest BCUT2D eigenvalue weighted by Gasteiger charge is 2.24. The number of thioether (sulfide) groups is 1. The van der Waals surface area contributed by atoms with E-state index in [9.17, 15) is 9.59 Å². The Morgan fingerprint density at radius 2 is 2.22 bits per heavy atom. The van der Waals surface area contributed by atoms with Gasteiger partial charge in [0.1, 0.15) is 0 Å².